The van der Waals surface area contributed by atoms with Gasteiger partial charge in [-0.2, -0.15) is 0 Å². The third-order valence-corrected chi connectivity index (χ3v) is 5.53. The van der Waals surface area contributed by atoms with Gasteiger partial charge in [0.25, 0.3) is 5.91 Å². The number of halogens is 3. The lowest BCUT2D eigenvalue weighted by Gasteiger charge is -2.44. The van der Waals surface area contributed by atoms with Crippen molar-refractivity contribution in [2.75, 3.05) is 6.54 Å². The topological polar surface area (TPSA) is 20.3 Å². The van der Waals surface area contributed by atoms with Crippen LogP contribution in [0.15, 0.2) is 24.3 Å². The second kappa shape index (κ2) is 4.16. The van der Waals surface area contributed by atoms with Crippen LogP contribution in [0.5, 0.6) is 0 Å². The molecule has 0 N–H and O–H groups in total. The Morgan fingerprint density at radius 2 is 1.68 bits per heavy atom. The van der Waals surface area contributed by atoms with Gasteiger partial charge >= 0.3 is 0 Å². The lowest BCUT2D eigenvalue weighted by molar-refractivity contribution is -0.132. The van der Waals surface area contributed by atoms with Crippen LogP contribution < -0.4 is 0 Å². The number of carbonyl (C=O) groups is 1. The third-order valence-electron chi connectivity index (χ3n) is 4.06. The molecule has 1 heterocycles. The van der Waals surface area contributed by atoms with Crippen molar-refractivity contribution in [2.45, 2.75) is 42.4 Å². The van der Waals surface area contributed by atoms with E-state index in [1.807, 2.05) is 52.0 Å². The van der Waals surface area contributed by atoms with E-state index in [-0.39, 0.29) is 11.4 Å². The molecule has 0 bridgehead atoms. The Balaban J connectivity index is 2.57. The van der Waals surface area contributed by atoms with Crippen molar-refractivity contribution < 1.29 is 4.79 Å². The Morgan fingerprint density at radius 1 is 1.16 bits per heavy atom. The van der Waals surface area contributed by atoms with Crippen LogP contribution in [-0.2, 0) is 4.79 Å². The summed E-state index contributed by atoms with van der Waals surface area (Å²) in [6.07, 6.45) is 7.41. The first kappa shape index (κ1) is 15.2. The molecule has 2 atom stereocenters. The summed E-state index contributed by atoms with van der Waals surface area (Å²) in [6.45, 7) is 8.13. The number of allylic oxidation sites excluding steroid dienone is 3. The molecule has 5 heteroatoms. The Morgan fingerprint density at radius 3 is 2.11 bits per heavy atom. The molecular formula is C14H18Cl3NO. The molecule has 1 unspecified atom stereocenters. The molecule has 0 radical (unpaired) electrons. The van der Waals surface area contributed by atoms with Crippen molar-refractivity contribution in [3.63, 3.8) is 0 Å². The van der Waals surface area contributed by atoms with Crippen molar-refractivity contribution >= 4 is 40.7 Å². The van der Waals surface area contributed by atoms with Gasteiger partial charge in [-0.15, -0.1) is 11.6 Å². The first-order valence-corrected chi connectivity index (χ1v) is 7.35. The zero-order valence-corrected chi connectivity index (χ0v) is 13.8. The monoisotopic (exact) mass is 321 g/mol. The Kier molecular flexibility index (Phi) is 3.33. The molecule has 19 heavy (non-hydrogen) atoms. The molecule has 1 saturated heterocycles. The molecule has 0 aromatic rings. The summed E-state index contributed by atoms with van der Waals surface area (Å²) in [5, 5.41) is 0. The highest BCUT2D eigenvalue weighted by Gasteiger charge is 2.69. The maximum absolute atomic E-state index is 12.6. The van der Waals surface area contributed by atoms with Crippen molar-refractivity contribution in [1.29, 1.82) is 0 Å². The van der Waals surface area contributed by atoms with E-state index in [4.69, 9.17) is 34.8 Å². The fourth-order valence-electron chi connectivity index (χ4n) is 2.71. The van der Waals surface area contributed by atoms with Gasteiger partial charge in [0.05, 0.1) is 10.3 Å². The maximum Gasteiger partial charge on any atom is 0.260 e. The van der Waals surface area contributed by atoms with E-state index < -0.39 is 14.6 Å². The maximum atomic E-state index is 12.6. The van der Waals surface area contributed by atoms with Gasteiger partial charge in [-0.25, -0.2) is 0 Å². The second-order valence-electron chi connectivity index (χ2n) is 6.40. The SMILES string of the molecule is CC(C)(C)N1CC2(C=CC=C[C@]2(C)Cl)C(Cl)(Cl)C1=O. The number of nitrogens with zero attached hydrogens (tertiary/aromatic N) is 1. The Hall–Kier alpha value is -0.180. The fourth-order valence-corrected chi connectivity index (χ4v) is 3.99. The van der Waals surface area contributed by atoms with Gasteiger partial charge in [-0.1, -0.05) is 47.5 Å². The van der Waals surface area contributed by atoms with Crippen LogP contribution in [0.2, 0.25) is 0 Å². The van der Waals surface area contributed by atoms with Gasteiger partial charge < -0.3 is 4.90 Å². The molecule has 1 fully saturated rings. The minimum absolute atomic E-state index is 0.282. The number of likely N-dealkylation sites (tertiary alicyclic amines) is 1. The zero-order valence-electron chi connectivity index (χ0n) is 11.5. The zero-order chi connectivity index (χ0) is 14.7. The summed E-state index contributed by atoms with van der Waals surface area (Å²) in [5.41, 5.74) is -1.18. The minimum atomic E-state index is -1.56. The van der Waals surface area contributed by atoms with Gasteiger partial charge in [-0.05, 0) is 27.7 Å². The fraction of sp³-hybridized carbons (Fsp3) is 0.643. The first-order valence-electron chi connectivity index (χ1n) is 6.22. The van der Waals surface area contributed by atoms with E-state index in [1.54, 1.807) is 4.90 Å². The smallest absolute Gasteiger partial charge is 0.260 e. The molecule has 1 amide bonds. The van der Waals surface area contributed by atoms with E-state index in [0.717, 1.165) is 0 Å². The minimum Gasteiger partial charge on any atom is -0.334 e. The molecule has 1 aliphatic carbocycles. The molecule has 0 saturated carbocycles. The molecule has 2 aliphatic rings. The highest BCUT2D eigenvalue weighted by atomic mass is 35.5. The first-order chi connectivity index (χ1) is 8.46. The highest BCUT2D eigenvalue weighted by molar-refractivity contribution is 6.60. The number of amides is 1. The van der Waals surface area contributed by atoms with Crippen LogP contribution in [0.25, 0.3) is 0 Å². The van der Waals surface area contributed by atoms with Crippen LogP contribution in [0.3, 0.4) is 0 Å². The average molecular weight is 323 g/mol. The summed E-state index contributed by atoms with van der Waals surface area (Å²) in [6, 6.07) is 0. The molecule has 1 aliphatic heterocycles. The number of alkyl halides is 3. The van der Waals surface area contributed by atoms with Gasteiger partial charge in [0.1, 0.15) is 0 Å². The summed E-state index contributed by atoms with van der Waals surface area (Å²) >= 11 is 19.5. The number of hydrogen-bond acceptors (Lipinski definition) is 1. The summed E-state index contributed by atoms with van der Waals surface area (Å²) < 4.78 is -1.56. The summed E-state index contributed by atoms with van der Waals surface area (Å²) in [4.78, 5) is 13.5. The normalized spacial score (nSPS) is 37.4. The van der Waals surface area contributed by atoms with E-state index in [1.165, 1.54) is 0 Å². The third kappa shape index (κ3) is 1.95. The summed E-state index contributed by atoms with van der Waals surface area (Å²) in [5.74, 6) is -0.282. The van der Waals surface area contributed by atoms with Gasteiger partial charge in [0.2, 0.25) is 4.33 Å². The number of rotatable bonds is 0. The molecule has 0 aromatic heterocycles. The Labute approximate surface area is 129 Å². The number of carbonyl (C=O) groups excluding carboxylic acids is 1. The predicted molar refractivity (Wildman–Crippen MR) is 80.9 cm³/mol. The molecule has 2 rings (SSSR count). The standard InChI is InChI=1S/C14H18Cl3NO/c1-11(2,3)18-9-13(14(16,17)10(18)19)8-6-5-7-12(13,4)15/h5-8H,9H2,1-4H3/t12-,13?/m0/s1. The van der Waals surface area contributed by atoms with Crippen molar-refractivity contribution in [3.8, 4) is 0 Å². The lowest BCUT2D eigenvalue weighted by Crippen LogP contribution is -2.52. The van der Waals surface area contributed by atoms with Gasteiger partial charge in [-0.3, -0.25) is 4.79 Å². The largest absolute Gasteiger partial charge is 0.334 e. The van der Waals surface area contributed by atoms with E-state index >= 15 is 0 Å². The van der Waals surface area contributed by atoms with E-state index in [2.05, 4.69) is 0 Å². The van der Waals surface area contributed by atoms with Crippen LogP contribution in [0.4, 0.5) is 0 Å². The van der Waals surface area contributed by atoms with E-state index in [9.17, 15) is 4.79 Å². The quantitative estimate of drug-likeness (QED) is 0.619. The van der Waals surface area contributed by atoms with Crippen LogP contribution in [-0.4, -0.2) is 32.1 Å². The Bertz CT molecular complexity index is 474. The van der Waals surface area contributed by atoms with Crippen molar-refractivity contribution in [1.82, 2.24) is 4.90 Å². The van der Waals surface area contributed by atoms with Crippen molar-refractivity contribution in [3.05, 3.63) is 24.3 Å². The highest BCUT2D eigenvalue weighted by Crippen LogP contribution is 2.59. The van der Waals surface area contributed by atoms with Gasteiger partial charge in [0.15, 0.2) is 0 Å². The molecule has 106 valence electrons. The van der Waals surface area contributed by atoms with Crippen LogP contribution >= 0.6 is 34.8 Å². The molecule has 2 nitrogen and oxygen atoms in total. The van der Waals surface area contributed by atoms with Crippen molar-refractivity contribution in [2.24, 2.45) is 5.41 Å². The van der Waals surface area contributed by atoms with Gasteiger partial charge in [0, 0.05) is 12.1 Å². The number of hydrogen-bond donors (Lipinski definition) is 0. The summed E-state index contributed by atoms with van der Waals surface area (Å²) in [7, 11) is 0. The second-order valence-corrected chi connectivity index (χ2v) is 8.51. The molecular weight excluding hydrogens is 305 g/mol. The average Bonchev–Trinajstić information content (AvgIpc) is 2.43. The lowest BCUT2D eigenvalue weighted by atomic mass is 9.71. The predicted octanol–water partition coefficient (Wildman–Crippen LogP) is 3.91. The molecule has 0 aromatic carbocycles. The molecule has 1 spiro atoms. The van der Waals surface area contributed by atoms with E-state index in [0.29, 0.717) is 6.54 Å². The van der Waals surface area contributed by atoms with Crippen LogP contribution in [0.1, 0.15) is 27.7 Å². The van der Waals surface area contributed by atoms with Crippen LogP contribution in [0, 0.1) is 5.41 Å².